The Morgan fingerprint density at radius 2 is 1.45 bits per heavy atom. The minimum absolute atomic E-state index is 0.0698. The summed E-state index contributed by atoms with van der Waals surface area (Å²) in [7, 11) is 0. The van der Waals surface area contributed by atoms with Crippen LogP contribution >= 0.6 is 0 Å². The Morgan fingerprint density at radius 3 is 2.17 bits per heavy atom. The van der Waals surface area contributed by atoms with Crippen LogP contribution in [0, 0.1) is 45.3 Å². The summed E-state index contributed by atoms with van der Waals surface area (Å²) < 4.78 is 12.3. The first-order valence-corrected chi connectivity index (χ1v) is 12.5. The molecule has 166 valence electrons. The Hall–Kier alpha value is -0.120. The second kappa shape index (κ2) is 6.69. The van der Waals surface area contributed by atoms with E-state index in [1.165, 1.54) is 44.9 Å². The molecule has 0 aromatic carbocycles. The van der Waals surface area contributed by atoms with E-state index in [0.717, 1.165) is 26.2 Å². The molecular formula is C26H44O3. The van der Waals surface area contributed by atoms with Gasteiger partial charge in [-0.05, 0) is 85.4 Å². The number of ether oxygens (including phenoxy) is 2. The zero-order valence-electron chi connectivity index (χ0n) is 19.5. The summed E-state index contributed by atoms with van der Waals surface area (Å²) in [6, 6.07) is 0. The van der Waals surface area contributed by atoms with Crippen molar-refractivity contribution in [2.45, 2.75) is 98.2 Å². The summed E-state index contributed by atoms with van der Waals surface area (Å²) in [6.07, 6.45) is 9.91. The van der Waals surface area contributed by atoms with Gasteiger partial charge in [-0.25, -0.2) is 0 Å². The van der Waals surface area contributed by atoms with Crippen LogP contribution in [-0.2, 0) is 9.47 Å². The molecule has 3 saturated carbocycles. The third-order valence-corrected chi connectivity index (χ3v) is 11.3. The van der Waals surface area contributed by atoms with E-state index in [0.29, 0.717) is 40.6 Å². The lowest BCUT2D eigenvalue weighted by Gasteiger charge is -2.70. The first-order chi connectivity index (χ1) is 13.6. The summed E-state index contributed by atoms with van der Waals surface area (Å²) in [6.45, 7) is 15.3. The van der Waals surface area contributed by atoms with Gasteiger partial charge in [0.15, 0.2) is 0 Å². The average molecular weight is 405 g/mol. The Kier molecular flexibility index (Phi) is 4.79. The topological polar surface area (TPSA) is 38.7 Å². The van der Waals surface area contributed by atoms with Crippen LogP contribution in [0.1, 0.15) is 86.0 Å². The summed E-state index contributed by atoms with van der Waals surface area (Å²) >= 11 is 0. The summed E-state index contributed by atoms with van der Waals surface area (Å²) in [5.41, 5.74) is 1.02. The highest BCUT2D eigenvalue weighted by atomic mass is 16.5. The van der Waals surface area contributed by atoms with Gasteiger partial charge in [0.05, 0.1) is 18.8 Å². The molecule has 0 spiro atoms. The van der Waals surface area contributed by atoms with Crippen molar-refractivity contribution in [2.75, 3.05) is 19.8 Å². The fraction of sp³-hybridized carbons (Fsp3) is 1.00. The fourth-order valence-corrected chi connectivity index (χ4v) is 9.99. The lowest BCUT2D eigenvalue weighted by Crippen LogP contribution is -2.67. The normalized spacial score (nSPS) is 56.9. The Morgan fingerprint density at radius 1 is 0.724 bits per heavy atom. The smallest absolute Gasteiger partial charge is 0.0682 e. The molecule has 1 N–H and O–H groups in total. The monoisotopic (exact) mass is 404 g/mol. The molecule has 9 unspecified atom stereocenters. The van der Waals surface area contributed by atoms with Crippen molar-refractivity contribution < 1.29 is 14.6 Å². The van der Waals surface area contributed by atoms with E-state index < -0.39 is 0 Å². The molecule has 0 aromatic rings. The number of fused-ring (bicyclic) bond motifs is 5. The van der Waals surface area contributed by atoms with E-state index in [1.807, 2.05) is 0 Å². The number of aliphatic hydroxyl groups excluding tert-OH is 1. The van der Waals surface area contributed by atoms with Crippen molar-refractivity contribution in [1.82, 2.24) is 0 Å². The van der Waals surface area contributed by atoms with Crippen LogP contribution in [0.25, 0.3) is 0 Å². The molecule has 3 heteroatoms. The van der Waals surface area contributed by atoms with Crippen molar-refractivity contribution in [3.8, 4) is 0 Å². The molecule has 0 bridgehead atoms. The summed E-state index contributed by atoms with van der Waals surface area (Å²) in [5, 5.41) is 11.4. The largest absolute Gasteiger partial charge is 0.393 e. The van der Waals surface area contributed by atoms with Gasteiger partial charge in [-0.15, -0.1) is 0 Å². The highest BCUT2D eigenvalue weighted by molar-refractivity contribution is 5.16. The standard InChI is InChI=1S/C26H44O3/c1-23(2)11-8-21(27)26(5)18(23)6-12-24(3)19-10-15-29-22(17-9-14-28-16-17)25(19,4)13-7-20(24)26/h17-22,27H,6-16H2,1-5H3. The van der Waals surface area contributed by atoms with Crippen LogP contribution in [-0.4, -0.2) is 37.1 Å². The van der Waals surface area contributed by atoms with E-state index in [4.69, 9.17) is 9.47 Å². The maximum Gasteiger partial charge on any atom is 0.0682 e. The maximum absolute atomic E-state index is 11.4. The van der Waals surface area contributed by atoms with Crippen LogP contribution in [0.5, 0.6) is 0 Å². The van der Waals surface area contributed by atoms with Gasteiger partial charge in [0, 0.05) is 24.5 Å². The minimum atomic E-state index is -0.131. The van der Waals surface area contributed by atoms with Gasteiger partial charge in [-0.2, -0.15) is 0 Å². The zero-order valence-corrected chi connectivity index (χ0v) is 19.5. The third-order valence-electron chi connectivity index (χ3n) is 11.3. The molecule has 5 aliphatic rings. The molecule has 2 aliphatic heterocycles. The van der Waals surface area contributed by atoms with E-state index in [1.54, 1.807) is 0 Å². The van der Waals surface area contributed by atoms with Crippen LogP contribution < -0.4 is 0 Å². The van der Waals surface area contributed by atoms with Gasteiger partial charge in [-0.1, -0.05) is 34.6 Å². The molecule has 3 nitrogen and oxygen atoms in total. The van der Waals surface area contributed by atoms with Crippen molar-refractivity contribution in [3.63, 3.8) is 0 Å². The second-order valence-corrected chi connectivity index (χ2v) is 12.9. The SMILES string of the molecule is CC1(C)CCC(O)C2(C)C1CCC1(C)C3CCOC(C4CCOC4)C3(C)CCC12. The van der Waals surface area contributed by atoms with Crippen molar-refractivity contribution in [3.05, 3.63) is 0 Å². The maximum atomic E-state index is 11.4. The van der Waals surface area contributed by atoms with Crippen LogP contribution in [0.4, 0.5) is 0 Å². The Labute approximate surface area is 178 Å². The predicted molar refractivity (Wildman–Crippen MR) is 116 cm³/mol. The molecule has 0 radical (unpaired) electrons. The molecule has 9 atom stereocenters. The molecule has 2 heterocycles. The lowest BCUT2D eigenvalue weighted by atomic mass is 9.35. The van der Waals surface area contributed by atoms with Crippen LogP contribution in [0.2, 0.25) is 0 Å². The number of hydrogen-bond acceptors (Lipinski definition) is 3. The summed E-state index contributed by atoms with van der Waals surface area (Å²) in [5.74, 6) is 2.58. The van der Waals surface area contributed by atoms with Crippen molar-refractivity contribution in [1.29, 1.82) is 0 Å². The highest BCUT2D eigenvalue weighted by Crippen LogP contribution is 2.72. The quantitative estimate of drug-likeness (QED) is 0.632. The Balaban J connectivity index is 1.51. The average Bonchev–Trinajstić information content (AvgIpc) is 3.18. The Bertz CT molecular complexity index is 640. The van der Waals surface area contributed by atoms with Gasteiger partial charge in [0.2, 0.25) is 0 Å². The minimum Gasteiger partial charge on any atom is -0.393 e. The molecular weight excluding hydrogens is 360 g/mol. The number of hydrogen-bond donors (Lipinski definition) is 1. The lowest BCUT2D eigenvalue weighted by molar-refractivity contribution is -0.263. The summed E-state index contributed by atoms with van der Waals surface area (Å²) in [4.78, 5) is 0. The molecule has 5 rings (SSSR count). The second-order valence-electron chi connectivity index (χ2n) is 12.9. The van der Waals surface area contributed by atoms with Crippen molar-refractivity contribution >= 4 is 0 Å². The molecule has 2 saturated heterocycles. The predicted octanol–water partition coefficient (Wildman–Crippen LogP) is 5.45. The highest BCUT2D eigenvalue weighted by Gasteiger charge is 2.68. The van der Waals surface area contributed by atoms with Gasteiger partial charge in [0.25, 0.3) is 0 Å². The van der Waals surface area contributed by atoms with E-state index in [2.05, 4.69) is 34.6 Å². The molecule has 0 aromatic heterocycles. The molecule has 3 aliphatic carbocycles. The fourth-order valence-electron chi connectivity index (χ4n) is 9.99. The van der Waals surface area contributed by atoms with Gasteiger partial charge < -0.3 is 14.6 Å². The van der Waals surface area contributed by atoms with Crippen LogP contribution in [0.15, 0.2) is 0 Å². The van der Waals surface area contributed by atoms with Crippen molar-refractivity contribution in [2.24, 2.45) is 45.3 Å². The van der Waals surface area contributed by atoms with E-state index >= 15 is 0 Å². The van der Waals surface area contributed by atoms with Gasteiger partial charge in [0.1, 0.15) is 0 Å². The first-order valence-electron chi connectivity index (χ1n) is 12.5. The molecule has 0 amide bonds. The zero-order chi connectivity index (χ0) is 20.7. The van der Waals surface area contributed by atoms with E-state index in [9.17, 15) is 5.11 Å². The van der Waals surface area contributed by atoms with E-state index in [-0.39, 0.29) is 16.9 Å². The number of aliphatic hydroxyl groups is 1. The first kappa shape index (κ1) is 20.8. The van der Waals surface area contributed by atoms with Crippen LogP contribution in [0.3, 0.4) is 0 Å². The molecule has 29 heavy (non-hydrogen) atoms. The molecule has 5 fully saturated rings. The number of rotatable bonds is 1. The van der Waals surface area contributed by atoms with Gasteiger partial charge >= 0.3 is 0 Å². The third kappa shape index (κ3) is 2.72. The van der Waals surface area contributed by atoms with Gasteiger partial charge in [-0.3, -0.25) is 0 Å².